The lowest BCUT2D eigenvalue weighted by atomic mass is 9.95. The number of benzene rings is 2. The molecule has 29 heavy (non-hydrogen) atoms. The van der Waals surface area contributed by atoms with Gasteiger partial charge in [0.2, 0.25) is 5.91 Å². The van der Waals surface area contributed by atoms with Crippen LogP contribution in [-0.4, -0.2) is 48.4 Å². The highest BCUT2D eigenvalue weighted by molar-refractivity contribution is 5.94. The van der Waals surface area contributed by atoms with E-state index in [1.165, 1.54) is 24.3 Å². The van der Waals surface area contributed by atoms with Gasteiger partial charge in [-0.2, -0.15) is 0 Å². The van der Waals surface area contributed by atoms with Crippen molar-refractivity contribution in [3.05, 3.63) is 65.5 Å². The van der Waals surface area contributed by atoms with Crippen molar-refractivity contribution < 1.29 is 18.7 Å². The predicted octanol–water partition coefficient (Wildman–Crippen LogP) is 3.74. The van der Waals surface area contributed by atoms with Crippen LogP contribution in [0.3, 0.4) is 0 Å². The second-order valence-electron chi connectivity index (χ2n) is 7.30. The molecule has 1 saturated heterocycles. The Balaban J connectivity index is 1.65. The maximum atomic E-state index is 13.1. The van der Waals surface area contributed by atoms with E-state index < -0.39 is 0 Å². The Morgan fingerprint density at radius 1 is 1.14 bits per heavy atom. The van der Waals surface area contributed by atoms with Crippen molar-refractivity contribution in [1.82, 2.24) is 9.80 Å². The molecule has 154 valence electrons. The molecular weight excluding hydrogens is 371 g/mol. The van der Waals surface area contributed by atoms with Crippen molar-refractivity contribution >= 4 is 11.8 Å². The molecule has 0 spiro atoms. The van der Waals surface area contributed by atoms with Gasteiger partial charge in [0.15, 0.2) is 0 Å². The third-order valence-corrected chi connectivity index (χ3v) is 5.37. The van der Waals surface area contributed by atoms with E-state index in [4.69, 9.17) is 4.74 Å². The Bertz CT molecular complexity index is 836. The van der Waals surface area contributed by atoms with Crippen LogP contribution in [0, 0.1) is 11.7 Å². The first-order chi connectivity index (χ1) is 14.0. The maximum Gasteiger partial charge on any atom is 0.253 e. The molecule has 1 atom stereocenters. The minimum absolute atomic E-state index is 0.0694. The van der Waals surface area contributed by atoms with E-state index in [0.717, 1.165) is 24.2 Å². The van der Waals surface area contributed by atoms with Crippen LogP contribution in [0.15, 0.2) is 48.5 Å². The zero-order chi connectivity index (χ0) is 20.8. The van der Waals surface area contributed by atoms with Gasteiger partial charge in [-0.05, 0) is 61.7 Å². The molecule has 5 nitrogen and oxygen atoms in total. The van der Waals surface area contributed by atoms with E-state index in [9.17, 15) is 14.0 Å². The lowest BCUT2D eigenvalue weighted by molar-refractivity contribution is -0.137. The van der Waals surface area contributed by atoms with Crippen LogP contribution in [-0.2, 0) is 11.3 Å². The number of rotatable bonds is 6. The molecule has 3 rings (SSSR count). The Kier molecular flexibility index (Phi) is 6.86. The summed E-state index contributed by atoms with van der Waals surface area (Å²) >= 11 is 0. The Morgan fingerprint density at radius 2 is 1.83 bits per heavy atom. The number of carbonyl (C=O) groups is 2. The van der Waals surface area contributed by atoms with Gasteiger partial charge in [-0.1, -0.05) is 12.1 Å². The Hall–Kier alpha value is -2.89. The number of likely N-dealkylation sites (tertiary alicyclic amines) is 1. The number of amides is 2. The van der Waals surface area contributed by atoms with E-state index in [2.05, 4.69) is 0 Å². The van der Waals surface area contributed by atoms with Crippen LogP contribution in [0.1, 0.15) is 35.7 Å². The van der Waals surface area contributed by atoms with Gasteiger partial charge in [0.1, 0.15) is 11.6 Å². The first-order valence-electron chi connectivity index (χ1n) is 9.98. The molecule has 6 heteroatoms. The van der Waals surface area contributed by atoms with Crippen LogP contribution < -0.4 is 4.74 Å². The molecule has 0 N–H and O–H groups in total. The van der Waals surface area contributed by atoms with Gasteiger partial charge in [0.25, 0.3) is 5.91 Å². The Morgan fingerprint density at radius 3 is 2.45 bits per heavy atom. The summed E-state index contributed by atoms with van der Waals surface area (Å²) < 4.78 is 18.3. The van der Waals surface area contributed by atoms with E-state index in [1.54, 1.807) is 12.0 Å². The molecule has 0 saturated carbocycles. The van der Waals surface area contributed by atoms with Crippen molar-refractivity contribution in [3.63, 3.8) is 0 Å². The van der Waals surface area contributed by atoms with Gasteiger partial charge in [-0.3, -0.25) is 9.59 Å². The van der Waals surface area contributed by atoms with Crippen LogP contribution in [0.5, 0.6) is 5.75 Å². The standard InChI is InChI=1S/C23H27FN2O3/c1-3-25(15-17-6-12-21(29-2)13-7-17)23(28)19-5-4-14-26(16-19)22(27)18-8-10-20(24)11-9-18/h6-13,19H,3-5,14-16H2,1-2H3. The number of halogens is 1. The van der Waals surface area contributed by atoms with Crippen LogP contribution in [0.25, 0.3) is 0 Å². The molecule has 2 amide bonds. The van der Waals surface area contributed by atoms with Crippen molar-refractivity contribution in [2.24, 2.45) is 5.92 Å². The third-order valence-electron chi connectivity index (χ3n) is 5.37. The highest BCUT2D eigenvalue weighted by atomic mass is 19.1. The summed E-state index contributed by atoms with van der Waals surface area (Å²) in [7, 11) is 1.62. The second-order valence-corrected chi connectivity index (χ2v) is 7.30. The second kappa shape index (κ2) is 9.54. The van der Waals surface area contributed by atoms with Crippen LogP contribution in [0.4, 0.5) is 4.39 Å². The average molecular weight is 398 g/mol. The molecule has 0 aliphatic carbocycles. The van der Waals surface area contributed by atoms with E-state index >= 15 is 0 Å². The van der Waals surface area contributed by atoms with Crippen LogP contribution >= 0.6 is 0 Å². The van der Waals surface area contributed by atoms with Crippen molar-refractivity contribution in [3.8, 4) is 5.75 Å². The fourth-order valence-electron chi connectivity index (χ4n) is 3.69. The van der Waals surface area contributed by atoms with E-state index in [-0.39, 0.29) is 23.5 Å². The highest BCUT2D eigenvalue weighted by Crippen LogP contribution is 2.22. The number of ether oxygens (including phenoxy) is 1. The summed E-state index contributed by atoms with van der Waals surface area (Å²) in [6.45, 7) is 4.11. The van der Waals surface area contributed by atoms with Crippen molar-refractivity contribution in [2.45, 2.75) is 26.3 Å². The maximum absolute atomic E-state index is 13.1. The van der Waals surface area contributed by atoms with Gasteiger partial charge in [-0.25, -0.2) is 4.39 Å². The Labute approximate surface area is 171 Å². The molecule has 1 aliphatic heterocycles. The topological polar surface area (TPSA) is 49.9 Å². The van der Waals surface area contributed by atoms with Gasteiger partial charge >= 0.3 is 0 Å². The summed E-state index contributed by atoms with van der Waals surface area (Å²) in [4.78, 5) is 29.4. The van der Waals surface area contributed by atoms with E-state index in [1.807, 2.05) is 36.1 Å². The minimum atomic E-state index is -0.370. The number of piperidine rings is 1. The first kappa shape index (κ1) is 20.8. The smallest absolute Gasteiger partial charge is 0.253 e. The number of nitrogens with zero attached hydrogens (tertiary/aromatic N) is 2. The lowest BCUT2D eigenvalue weighted by Crippen LogP contribution is -2.46. The molecule has 1 fully saturated rings. The number of methoxy groups -OCH3 is 1. The van der Waals surface area contributed by atoms with Gasteiger partial charge in [-0.15, -0.1) is 0 Å². The average Bonchev–Trinajstić information content (AvgIpc) is 2.77. The fraction of sp³-hybridized carbons (Fsp3) is 0.391. The predicted molar refractivity (Wildman–Crippen MR) is 109 cm³/mol. The van der Waals surface area contributed by atoms with Gasteiger partial charge in [0.05, 0.1) is 13.0 Å². The SMILES string of the molecule is CCN(Cc1ccc(OC)cc1)C(=O)C1CCCN(C(=O)c2ccc(F)cc2)C1. The molecule has 1 unspecified atom stereocenters. The largest absolute Gasteiger partial charge is 0.497 e. The monoisotopic (exact) mass is 398 g/mol. The highest BCUT2D eigenvalue weighted by Gasteiger charge is 2.31. The van der Waals surface area contributed by atoms with Gasteiger partial charge < -0.3 is 14.5 Å². The van der Waals surface area contributed by atoms with Crippen molar-refractivity contribution in [1.29, 1.82) is 0 Å². The quantitative estimate of drug-likeness (QED) is 0.745. The summed E-state index contributed by atoms with van der Waals surface area (Å²) in [5.74, 6) is 0.114. The molecule has 0 bridgehead atoms. The lowest BCUT2D eigenvalue weighted by Gasteiger charge is -2.35. The van der Waals surface area contributed by atoms with Crippen molar-refractivity contribution in [2.75, 3.05) is 26.7 Å². The number of carbonyl (C=O) groups excluding carboxylic acids is 2. The molecule has 1 aliphatic rings. The zero-order valence-corrected chi connectivity index (χ0v) is 16.9. The zero-order valence-electron chi connectivity index (χ0n) is 16.9. The van der Waals surface area contributed by atoms with Gasteiger partial charge in [0, 0.05) is 31.7 Å². The minimum Gasteiger partial charge on any atom is -0.497 e. The molecule has 2 aromatic carbocycles. The molecule has 0 aromatic heterocycles. The molecule has 2 aromatic rings. The fourth-order valence-corrected chi connectivity index (χ4v) is 3.69. The molecule has 1 heterocycles. The summed E-state index contributed by atoms with van der Waals surface area (Å²) in [5, 5.41) is 0. The summed E-state index contributed by atoms with van der Waals surface area (Å²) in [6.07, 6.45) is 1.55. The van der Waals surface area contributed by atoms with E-state index in [0.29, 0.717) is 31.7 Å². The molecule has 0 radical (unpaired) electrons. The summed E-state index contributed by atoms with van der Waals surface area (Å²) in [5.41, 5.74) is 1.49. The number of hydrogen-bond donors (Lipinski definition) is 0. The normalized spacial score (nSPS) is 16.4. The number of hydrogen-bond acceptors (Lipinski definition) is 3. The molecular formula is C23H27FN2O3. The first-order valence-corrected chi connectivity index (χ1v) is 9.98. The summed E-state index contributed by atoms with van der Waals surface area (Å²) in [6, 6.07) is 13.2. The van der Waals surface area contributed by atoms with Crippen LogP contribution in [0.2, 0.25) is 0 Å². The third kappa shape index (κ3) is 5.13.